The molecule has 6 nitrogen and oxygen atoms in total. The van der Waals surface area contributed by atoms with Gasteiger partial charge in [0.15, 0.2) is 6.10 Å². The standard InChI is InChI=1S/C15H21NO5/c1-3-21-15(18)14(17)12-10-11(4-5-13(12)19-2)16-6-8-20-9-7-16/h4-5,10,14,17H,3,6-9H2,1-2H3. The van der Waals surface area contributed by atoms with Crippen LogP contribution < -0.4 is 9.64 Å². The third-order valence-corrected chi connectivity index (χ3v) is 3.39. The summed E-state index contributed by atoms with van der Waals surface area (Å²) in [6, 6.07) is 5.43. The molecule has 1 aliphatic rings. The van der Waals surface area contributed by atoms with Crippen LogP contribution >= 0.6 is 0 Å². The first kappa shape index (κ1) is 15.6. The van der Waals surface area contributed by atoms with Crippen LogP contribution in [0.3, 0.4) is 0 Å². The SMILES string of the molecule is CCOC(=O)C(O)c1cc(N2CCOCC2)ccc1OC. The summed E-state index contributed by atoms with van der Waals surface area (Å²) in [4.78, 5) is 13.9. The summed E-state index contributed by atoms with van der Waals surface area (Å²) in [5.41, 5.74) is 1.34. The number of rotatable bonds is 5. The summed E-state index contributed by atoms with van der Waals surface area (Å²) >= 11 is 0. The van der Waals surface area contributed by atoms with Gasteiger partial charge in [0.1, 0.15) is 5.75 Å². The lowest BCUT2D eigenvalue weighted by Crippen LogP contribution is -2.36. The van der Waals surface area contributed by atoms with Gasteiger partial charge in [0, 0.05) is 24.3 Å². The minimum atomic E-state index is -1.35. The van der Waals surface area contributed by atoms with Crippen molar-refractivity contribution in [1.82, 2.24) is 0 Å². The average molecular weight is 295 g/mol. The Bertz CT molecular complexity index is 485. The van der Waals surface area contributed by atoms with Gasteiger partial charge < -0.3 is 24.2 Å². The van der Waals surface area contributed by atoms with Gasteiger partial charge in [0.05, 0.1) is 26.9 Å². The van der Waals surface area contributed by atoms with E-state index in [1.54, 1.807) is 19.1 Å². The predicted octanol–water partition coefficient (Wildman–Crippen LogP) is 1.13. The smallest absolute Gasteiger partial charge is 0.339 e. The molecule has 0 saturated carbocycles. The van der Waals surface area contributed by atoms with Crippen LogP contribution in [0.5, 0.6) is 5.75 Å². The normalized spacial score (nSPS) is 16.4. The number of aliphatic hydroxyl groups excluding tert-OH is 1. The molecule has 1 saturated heterocycles. The third-order valence-electron chi connectivity index (χ3n) is 3.39. The van der Waals surface area contributed by atoms with Crippen molar-refractivity contribution >= 4 is 11.7 Å². The Morgan fingerprint density at radius 2 is 2.14 bits per heavy atom. The van der Waals surface area contributed by atoms with Crippen molar-refractivity contribution in [3.63, 3.8) is 0 Å². The number of esters is 1. The summed E-state index contributed by atoms with van der Waals surface area (Å²) < 4.78 is 15.4. The van der Waals surface area contributed by atoms with Gasteiger partial charge in [-0.3, -0.25) is 0 Å². The number of carbonyl (C=O) groups is 1. The molecule has 0 spiro atoms. The highest BCUT2D eigenvalue weighted by Crippen LogP contribution is 2.31. The van der Waals surface area contributed by atoms with Crippen LogP contribution in [0.4, 0.5) is 5.69 Å². The van der Waals surface area contributed by atoms with Gasteiger partial charge in [-0.15, -0.1) is 0 Å². The Balaban J connectivity index is 2.26. The van der Waals surface area contributed by atoms with Crippen molar-refractivity contribution < 1.29 is 24.1 Å². The summed E-state index contributed by atoms with van der Waals surface area (Å²) in [5.74, 6) is -0.206. The number of morpholine rings is 1. The minimum Gasteiger partial charge on any atom is -0.496 e. The zero-order valence-corrected chi connectivity index (χ0v) is 12.4. The molecule has 0 amide bonds. The Kier molecular flexibility index (Phi) is 5.41. The fourth-order valence-corrected chi connectivity index (χ4v) is 2.30. The second-order valence-corrected chi connectivity index (χ2v) is 4.68. The van der Waals surface area contributed by atoms with Crippen molar-refractivity contribution in [1.29, 1.82) is 0 Å². The number of ether oxygens (including phenoxy) is 3. The van der Waals surface area contributed by atoms with Gasteiger partial charge in [-0.05, 0) is 25.1 Å². The van der Waals surface area contributed by atoms with Gasteiger partial charge in [-0.1, -0.05) is 0 Å². The van der Waals surface area contributed by atoms with E-state index in [1.165, 1.54) is 7.11 Å². The Morgan fingerprint density at radius 1 is 1.43 bits per heavy atom. The van der Waals surface area contributed by atoms with Crippen molar-refractivity contribution in [3.8, 4) is 5.75 Å². The van der Waals surface area contributed by atoms with Crippen LogP contribution in [0, 0.1) is 0 Å². The van der Waals surface area contributed by atoms with Crippen LogP contribution in [-0.4, -0.2) is 51.1 Å². The molecular weight excluding hydrogens is 274 g/mol. The number of carbonyl (C=O) groups excluding carboxylic acids is 1. The minimum absolute atomic E-state index is 0.224. The highest BCUT2D eigenvalue weighted by atomic mass is 16.5. The number of aliphatic hydroxyl groups is 1. The number of benzene rings is 1. The number of anilines is 1. The lowest BCUT2D eigenvalue weighted by Gasteiger charge is -2.29. The maximum atomic E-state index is 11.7. The van der Waals surface area contributed by atoms with E-state index in [9.17, 15) is 9.90 Å². The van der Waals surface area contributed by atoms with Crippen LogP contribution in [0.1, 0.15) is 18.6 Å². The number of nitrogens with zero attached hydrogens (tertiary/aromatic N) is 1. The zero-order valence-electron chi connectivity index (χ0n) is 12.4. The average Bonchev–Trinajstić information content (AvgIpc) is 2.54. The van der Waals surface area contributed by atoms with Crippen LogP contribution in [0.2, 0.25) is 0 Å². The fraction of sp³-hybridized carbons (Fsp3) is 0.533. The van der Waals surface area contributed by atoms with Crippen molar-refractivity contribution in [3.05, 3.63) is 23.8 Å². The molecule has 1 N–H and O–H groups in total. The summed E-state index contributed by atoms with van der Waals surface area (Å²) in [6.45, 7) is 4.82. The molecule has 1 heterocycles. The van der Waals surface area contributed by atoms with Crippen LogP contribution in [-0.2, 0) is 14.3 Å². The van der Waals surface area contributed by atoms with E-state index >= 15 is 0 Å². The number of hydrogen-bond acceptors (Lipinski definition) is 6. The fourth-order valence-electron chi connectivity index (χ4n) is 2.30. The Hall–Kier alpha value is -1.79. The van der Waals surface area contributed by atoms with Crippen molar-refractivity contribution in [2.45, 2.75) is 13.0 Å². The van der Waals surface area contributed by atoms with Crippen molar-refractivity contribution in [2.75, 3.05) is 44.9 Å². The number of methoxy groups -OCH3 is 1. The van der Waals surface area contributed by atoms with Gasteiger partial charge in [-0.2, -0.15) is 0 Å². The molecule has 0 bridgehead atoms. The summed E-state index contributed by atoms with van der Waals surface area (Å²) in [6.07, 6.45) is -1.35. The van der Waals surface area contributed by atoms with Crippen LogP contribution in [0.15, 0.2) is 18.2 Å². The van der Waals surface area contributed by atoms with E-state index in [4.69, 9.17) is 14.2 Å². The zero-order chi connectivity index (χ0) is 15.2. The number of hydrogen-bond donors (Lipinski definition) is 1. The lowest BCUT2D eigenvalue weighted by molar-refractivity contribution is -0.153. The Morgan fingerprint density at radius 3 is 2.76 bits per heavy atom. The molecule has 0 aliphatic carbocycles. The van der Waals surface area contributed by atoms with Crippen molar-refractivity contribution in [2.24, 2.45) is 0 Å². The largest absolute Gasteiger partial charge is 0.496 e. The van der Waals surface area contributed by atoms with E-state index in [0.29, 0.717) is 24.5 Å². The van der Waals surface area contributed by atoms with Gasteiger partial charge in [0.25, 0.3) is 0 Å². The second kappa shape index (κ2) is 7.28. The quantitative estimate of drug-likeness (QED) is 0.821. The molecule has 1 aromatic carbocycles. The highest BCUT2D eigenvalue weighted by Gasteiger charge is 2.24. The molecule has 116 valence electrons. The van der Waals surface area contributed by atoms with E-state index < -0.39 is 12.1 Å². The van der Waals surface area contributed by atoms with Gasteiger partial charge in [-0.25, -0.2) is 4.79 Å². The highest BCUT2D eigenvalue weighted by molar-refractivity contribution is 5.78. The summed E-state index contributed by atoms with van der Waals surface area (Å²) in [7, 11) is 1.51. The summed E-state index contributed by atoms with van der Waals surface area (Å²) in [5, 5.41) is 10.2. The topological polar surface area (TPSA) is 68.2 Å². The molecule has 6 heteroatoms. The molecule has 21 heavy (non-hydrogen) atoms. The monoisotopic (exact) mass is 295 g/mol. The molecule has 0 radical (unpaired) electrons. The van der Waals surface area contributed by atoms with E-state index in [2.05, 4.69) is 4.90 Å². The predicted molar refractivity (Wildman–Crippen MR) is 77.6 cm³/mol. The van der Waals surface area contributed by atoms with E-state index in [0.717, 1.165) is 18.8 Å². The molecule has 2 rings (SSSR count). The molecule has 1 atom stereocenters. The molecular formula is C15H21NO5. The van der Waals surface area contributed by atoms with E-state index in [-0.39, 0.29) is 6.61 Å². The first-order valence-corrected chi connectivity index (χ1v) is 7.02. The maximum absolute atomic E-state index is 11.7. The second-order valence-electron chi connectivity index (χ2n) is 4.68. The first-order chi connectivity index (χ1) is 10.2. The molecule has 1 unspecified atom stereocenters. The first-order valence-electron chi connectivity index (χ1n) is 7.02. The maximum Gasteiger partial charge on any atom is 0.339 e. The third kappa shape index (κ3) is 3.65. The molecule has 1 aliphatic heterocycles. The Labute approximate surface area is 124 Å². The molecule has 1 aromatic rings. The van der Waals surface area contributed by atoms with Gasteiger partial charge >= 0.3 is 5.97 Å². The lowest BCUT2D eigenvalue weighted by atomic mass is 10.1. The van der Waals surface area contributed by atoms with Gasteiger partial charge in [0.2, 0.25) is 0 Å². The molecule has 1 fully saturated rings. The molecule has 0 aromatic heterocycles. The van der Waals surface area contributed by atoms with Crippen LogP contribution in [0.25, 0.3) is 0 Å². The van der Waals surface area contributed by atoms with E-state index in [1.807, 2.05) is 6.07 Å².